The molecule has 5 rings (SSSR count). The lowest BCUT2D eigenvalue weighted by molar-refractivity contribution is -0.302. The molecule has 0 aromatic heterocycles. The van der Waals surface area contributed by atoms with E-state index in [1.165, 1.54) is 6.42 Å². The van der Waals surface area contributed by atoms with Crippen LogP contribution in [0.25, 0.3) is 0 Å². The van der Waals surface area contributed by atoms with Crippen LogP contribution in [-0.2, 0) is 14.3 Å². The number of ketones is 1. The Kier molecular flexibility index (Phi) is 3.66. The first-order valence-electron chi connectivity index (χ1n) is 10.5. The Morgan fingerprint density at radius 3 is 2.58 bits per heavy atom. The summed E-state index contributed by atoms with van der Waals surface area (Å²) in [6.45, 7) is 8.25. The summed E-state index contributed by atoms with van der Waals surface area (Å²) in [6.07, 6.45) is 10.7. The van der Waals surface area contributed by atoms with Gasteiger partial charge < -0.3 is 9.47 Å². The highest BCUT2D eigenvalue weighted by Crippen LogP contribution is 2.58. The Labute approximate surface area is 157 Å². The minimum Gasteiger partial charge on any atom is -0.349 e. The normalized spacial score (nSPS) is 40.7. The van der Waals surface area contributed by atoms with Gasteiger partial charge in [-0.05, 0) is 55.1 Å². The Balaban J connectivity index is 1.42. The van der Waals surface area contributed by atoms with Gasteiger partial charge in [-0.15, -0.1) is 0 Å². The molecule has 0 N–H and O–H groups in total. The number of allylic oxidation sites excluding steroid dienone is 3. The molecule has 0 radical (unpaired) electrons. The summed E-state index contributed by atoms with van der Waals surface area (Å²) in [5.41, 5.74) is 4.82. The second-order valence-electron chi connectivity index (χ2n) is 10.4. The highest BCUT2D eigenvalue weighted by molar-refractivity contribution is 5.87. The molecule has 0 amide bonds. The first kappa shape index (κ1) is 17.2. The van der Waals surface area contributed by atoms with Gasteiger partial charge in [0.15, 0.2) is 5.79 Å². The number of fused-ring (bicyclic) bond motifs is 4. The molecule has 1 saturated heterocycles. The maximum absolute atomic E-state index is 12.5. The molecule has 3 heteroatoms. The standard InChI is InChI=1S/C23H32O3/c1-21(2)13-25-23(26-14-21)11-9-16-15(12-23)4-5-18-17(16)8-10-22(3)19(18)6-7-20(22)24/h8,18-19H,4-7,9-14H2,1-3H3/t18-,19+,22+/m1/s1. The lowest BCUT2D eigenvalue weighted by atomic mass is 9.58. The van der Waals surface area contributed by atoms with Crippen molar-refractivity contribution in [2.24, 2.45) is 22.7 Å². The molecule has 1 aliphatic heterocycles. The van der Waals surface area contributed by atoms with Crippen LogP contribution in [0.2, 0.25) is 0 Å². The molecule has 5 aliphatic rings. The Morgan fingerprint density at radius 2 is 1.81 bits per heavy atom. The zero-order valence-corrected chi connectivity index (χ0v) is 16.5. The van der Waals surface area contributed by atoms with Crippen LogP contribution in [-0.4, -0.2) is 24.8 Å². The molecule has 1 heterocycles. The topological polar surface area (TPSA) is 35.5 Å². The summed E-state index contributed by atoms with van der Waals surface area (Å²) in [6, 6.07) is 0. The van der Waals surface area contributed by atoms with Crippen molar-refractivity contribution in [1.82, 2.24) is 0 Å². The molecule has 142 valence electrons. The summed E-state index contributed by atoms with van der Waals surface area (Å²) in [5.74, 6) is 1.32. The number of hydrogen-bond donors (Lipinski definition) is 0. The van der Waals surface area contributed by atoms with E-state index < -0.39 is 0 Å². The lowest BCUT2D eigenvalue weighted by Gasteiger charge is -2.50. The SMILES string of the molecule is CC1(C)COC2(CCC3=C(CC[C@@H]4C3=CC[C@]3(C)C(=O)CC[C@@H]43)C2)OC1. The summed E-state index contributed by atoms with van der Waals surface area (Å²) in [4.78, 5) is 12.5. The van der Waals surface area contributed by atoms with Crippen molar-refractivity contribution in [1.29, 1.82) is 0 Å². The van der Waals surface area contributed by atoms with E-state index in [1.54, 1.807) is 16.7 Å². The van der Waals surface area contributed by atoms with E-state index in [0.29, 0.717) is 17.6 Å². The van der Waals surface area contributed by atoms with Crippen molar-refractivity contribution in [3.63, 3.8) is 0 Å². The molecule has 0 unspecified atom stereocenters. The molecule has 26 heavy (non-hydrogen) atoms. The van der Waals surface area contributed by atoms with Crippen molar-refractivity contribution >= 4 is 5.78 Å². The fourth-order valence-corrected chi connectivity index (χ4v) is 6.32. The fourth-order valence-electron chi connectivity index (χ4n) is 6.32. The molecule has 3 atom stereocenters. The van der Waals surface area contributed by atoms with Gasteiger partial charge in [0.2, 0.25) is 0 Å². The van der Waals surface area contributed by atoms with Gasteiger partial charge in [0.25, 0.3) is 0 Å². The highest BCUT2D eigenvalue weighted by atomic mass is 16.7. The van der Waals surface area contributed by atoms with E-state index in [-0.39, 0.29) is 16.6 Å². The number of ether oxygens (including phenoxy) is 2. The molecular weight excluding hydrogens is 324 g/mol. The monoisotopic (exact) mass is 356 g/mol. The largest absolute Gasteiger partial charge is 0.349 e. The third-order valence-corrected chi connectivity index (χ3v) is 7.99. The number of rotatable bonds is 0. The average Bonchev–Trinajstić information content (AvgIpc) is 2.93. The van der Waals surface area contributed by atoms with Gasteiger partial charge in [-0.1, -0.05) is 32.4 Å². The van der Waals surface area contributed by atoms with Gasteiger partial charge in [0.1, 0.15) is 5.78 Å². The molecule has 2 fully saturated rings. The van der Waals surface area contributed by atoms with Gasteiger partial charge >= 0.3 is 0 Å². The zero-order chi connectivity index (χ0) is 18.2. The quantitative estimate of drug-likeness (QED) is 0.615. The Morgan fingerprint density at radius 1 is 1.04 bits per heavy atom. The highest BCUT2D eigenvalue weighted by Gasteiger charge is 2.53. The van der Waals surface area contributed by atoms with E-state index in [2.05, 4.69) is 26.8 Å². The summed E-state index contributed by atoms with van der Waals surface area (Å²) >= 11 is 0. The second kappa shape index (κ2) is 5.54. The van der Waals surface area contributed by atoms with Crippen LogP contribution in [0.5, 0.6) is 0 Å². The predicted molar refractivity (Wildman–Crippen MR) is 101 cm³/mol. The van der Waals surface area contributed by atoms with Crippen LogP contribution in [0.15, 0.2) is 22.8 Å². The van der Waals surface area contributed by atoms with Crippen molar-refractivity contribution in [2.75, 3.05) is 13.2 Å². The van der Waals surface area contributed by atoms with Gasteiger partial charge in [-0.25, -0.2) is 0 Å². The van der Waals surface area contributed by atoms with Crippen molar-refractivity contribution in [3.05, 3.63) is 22.8 Å². The van der Waals surface area contributed by atoms with Gasteiger partial charge in [-0.3, -0.25) is 4.79 Å². The molecule has 3 nitrogen and oxygen atoms in total. The van der Waals surface area contributed by atoms with E-state index in [1.807, 2.05) is 0 Å². The fraction of sp³-hybridized carbons (Fsp3) is 0.783. The molecule has 0 aromatic carbocycles. The van der Waals surface area contributed by atoms with Crippen molar-refractivity contribution in [3.8, 4) is 0 Å². The summed E-state index contributed by atoms with van der Waals surface area (Å²) in [7, 11) is 0. The minimum absolute atomic E-state index is 0.0801. The maximum atomic E-state index is 12.5. The third-order valence-electron chi connectivity index (χ3n) is 7.99. The number of carbonyl (C=O) groups excluding carboxylic acids is 1. The molecule has 0 aromatic rings. The van der Waals surface area contributed by atoms with Gasteiger partial charge in [-0.2, -0.15) is 0 Å². The van der Waals surface area contributed by atoms with E-state index >= 15 is 0 Å². The van der Waals surface area contributed by atoms with Gasteiger partial charge in [0, 0.05) is 30.1 Å². The average molecular weight is 357 g/mol. The first-order chi connectivity index (χ1) is 12.3. The first-order valence-corrected chi connectivity index (χ1v) is 10.5. The van der Waals surface area contributed by atoms with Crippen LogP contribution in [0, 0.1) is 22.7 Å². The molecule has 1 spiro atoms. The molecule has 1 saturated carbocycles. The third kappa shape index (κ3) is 2.43. The van der Waals surface area contributed by atoms with Crippen LogP contribution >= 0.6 is 0 Å². The smallest absolute Gasteiger partial charge is 0.172 e. The lowest BCUT2D eigenvalue weighted by Crippen LogP contribution is -2.49. The maximum Gasteiger partial charge on any atom is 0.172 e. The summed E-state index contributed by atoms with van der Waals surface area (Å²) < 4.78 is 12.6. The number of carbonyl (C=O) groups is 1. The van der Waals surface area contributed by atoms with Crippen LogP contribution in [0.3, 0.4) is 0 Å². The zero-order valence-electron chi connectivity index (χ0n) is 16.5. The number of hydrogen-bond acceptors (Lipinski definition) is 3. The molecule has 0 bridgehead atoms. The predicted octanol–water partition coefficient (Wildman–Crippen LogP) is 4.96. The van der Waals surface area contributed by atoms with E-state index in [4.69, 9.17) is 9.47 Å². The van der Waals surface area contributed by atoms with E-state index in [0.717, 1.165) is 58.2 Å². The van der Waals surface area contributed by atoms with Crippen molar-refractivity contribution in [2.45, 2.75) is 77.9 Å². The Hall–Kier alpha value is -0.930. The van der Waals surface area contributed by atoms with Crippen molar-refractivity contribution < 1.29 is 14.3 Å². The minimum atomic E-state index is -0.367. The van der Waals surface area contributed by atoms with E-state index in [9.17, 15) is 4.79 Å². The second-order valence-corrected chi connectivity index (χ2v) is 10.4. The summed E-state index contributed by atoms with van der Waals surface area (Å²) in [5, 5.41) is 0. The molecule has 4 aliphatic carbocycles. The van der Waals surface area contributed by atoms with Gasteiger partial charge in [0.05, 0.1) is 13.2 Å². The van der Waals surface area contributed by atoms with Crippen LogP contribution in [0.1, 0.15) is 72.1 Å². The van der Waals surface area contributed by atoms with Crippen LogP contribution in [0.4, 0.5) is 0 Å². The molecular formula is C23H32O3. The van der Waals surface area contributed by atoms with Crippen LogP contribution < -0.4 is 0 Å². The number of Topliss-reactive ketones (excluding diaryl/α,β-unsaturated/α-hetero) is 1. The Bertz CT molecular complexity index is 703.